The van der Waals surface area contributed by atoms with Crippen molar-refractivity contribution >= 4 is 0 Å². The van der Waals surface area contributed by atoms with E-state index in [0.29, 0.717) is 12.5 Å². The molecule has 1 fully saturated rings. The van der Waals surface area contributed by atoms with Crippen molar-refractivity contribution in [3.63, 3.8) is 0 Å². The standard InChI is InChI=1S/C24H30N4O2/c1-23(2)10-18(11-24(3,4)30-23)20-15-28(14-17-12-25-16-26-13-17)22(27-20)19-8-6-7-9-21(19)29-5/h6-9,12-13,15-16,18H,10-11,14H2,1-5H3. The second-order valence-electron chi connectivity index (χ2n) is 9.29. The number of hydrogen-bond donors (Lipinski definition) is 0. The molecule has 4 rings (SSSR count). The number of aromatic nitrogens is 4. The van der Waals surface area contributed by atoms with Crippen molar-refractivity contribution in [2.75, 3.05) is 7.11 Å². The summed E-state index contributed by atoms with van der Waals surface area (Å²) in [5.41, 5.74) is 2.73. The van der Waals surface area contributed by atoms with Gasteiger partial charge in [0.05, 0.1) is 36.1 Å². The summed E-state index contributed by atoms with van der Waals surface area (Å²) in [7, 11) is 1.70. The van der Waals surface area contributed by atoms with E-state index in [2.05, 4.69) is 54.5 Å². The maximum Gasteiger partial charge on any atom is 0.144 e. The first-order valence-electron chi connectivity index (χ1n) is 10.4. The Hall–Kier alpha value is -2.73. The van der Waals surface area contributed by atoms with Crippen LogP contribution in [0.1, 0.15) is 57.7 Å². The second kappa shape index (κ2) is 7.84. The average molecular weight is 407 g/mol. The van der Waals surface area contributed by atoms with Gasteiger partial charge in [-0.15, -0.1) is 0 Å². The number of benzene rings is 1. The Balaban J connectivity index is 1.78. The first kappa shape index (κ1) is 20.5. The molecule has 6 nitrogen and oxygen atoms in total. The molecule has 158 valence electrons. The van der Waals surface area contributed by atoms with Crippen LogP contribution in [0.5, 0.6) is 5.75 Å². The van der Waals surface area contributed by atoms with Crippen molar-refractivity contribution < 1.29 is 9.47 Å². The van der Waals surface area contributed by atoms with Gasteiger partial charge in [-0.2, -0.15) is 0 Å². The van der Waals surface area contributed by atoms with Crippen molar-refractivity contribution in [2.24, 2.45) is 0 Å². The second-order valence-corrected chi connectivity index (χ2v) is 9.29. The lowest BCUT2D eigenvalue weighted by atomic mass is 9.79. The molecule has 0 saturated carbocycles. The molecule has 0 spiro atoms. The Bertz CT molecular complexity index is 995. The Morgan fingerprint density at radius 1 is 1.07 bits per heavy atom. The maximum absolute atomic E-state index is 6.30. The fraction of sp³-hybridized carbons (Fsp3) is 0.458. The van der Waals surface area contributed by atoms with Crippen LogP contribution in [0.3, 0.4) is 0 Å². The van der Waals surface area contributed by atoms with Crippen LogP contribution in [0.15, 0.2) is 49.2 Å². The summed E-state index contributed by atoms with van der Waals surface area (Å²) in [4.78, 5) is 13.5. The normalized spacial score (nSPS) is 18.3. The summed E-state index contributed by atoms with van der Waals surface area (Å²) in [6.07, 6.45) is 9.30. The third kappa shape index (κ3) is 4.38. The van der Waals surface area contributed by atoms with Gasteiger partial charge in [-0.25, -0.2) is 15.0 Å². The molecule has 6 heteroatoms. The third-order valence-electron chi connectivity index (χ3n) is 5.56. The van der Waals surface area contributed by atoms with Gasteiger partial charge in [-0.3, -0.25) is 0 Å². The molecule has 3 heterocycles. The molecule has 0 radical (unpaired) electrons. The molecular formula is C24H30N4O2. The Kier molecular flexibility index (Phi) is 5.36. The molecule has 1 aliphatic rings. The molecule has 1 saturated heterocycles. The van der Waals surface area contributed by atoms with Crippen LogP contribution in [0, 0.1) is 0 Å². The van der Waals surface area contributed by atoms with Gasteiger partial charge in [0.25, 0.3) is 0 Å². The van der Waals surface area contributed by atoms with Crippen molar-refractivity contribution in [2.45, 2.75) is 64.2 Å². The van der Waals surface area contributed by atoms with E-state index in [9.17, 15) is 0 Å². The van der Waals surface area contributed by atoms with Crippen LogP contribution in [0.25, 0.3) is 11.4 Å². The van der Waals surface area contributed by atoms with Crippen LogP contribution < -0.4 is 4.74 Å². The quantitative estimate of drug-likeness (QED) is 0.606. The molecule has 0 amide bonds. The highest BCUT2D eigenvalue weighted by Crippen LogP contribution is 2.43. The number of methoxy groups -OCH3 is 1. The van der Waals surface area contributed by atoms with Crippen LogP contribution in [-0.4, -0.2) is 37.8 Å². The zero-order valence-electron chi connectivity index (χ0n) is 18.4. The van der Waals surface area contributed by atoms with E-state index in [-0.39, 0.29) is 11.2 Å². The number of ether oxygens (including phenoxy) is 2. The fourth-order valence-corrected chi connectivity index (χ4v) is 4.71. The number of para-hydroxylation sites is 1. The Morgan fingerprint density at radius 2 is 1.73 bits per heavy atom. The number of imidazole rings is 1. The zero-order valence-corrected chi connectivity index (χ0v) is 18.4. The highest BCUT2D eigenvalue weighted by atomic mass is 16.5. The topological polar surface area (TPSA) is 62.1 Å². The Morgan fingerprint density at radius 3 is 2.40 bits per heavy atom. The van der Waals surface area contributed by atoms with Gasteiger partial charge in [0.1, 0.15) is 17.9 Å². The molecule has 1 aliphatic heterocycles. The van der Waals surface area contributed by atoms with Gasteiger partial charge in [-0.05, 0) is 52.7 Å². The minimum atomic E-state index is -0.186. The lowest BCUT2D eigenvalue weighted by Gasteiger charge is -2.45. The smallest absolute Gasteiger partial charge is 0.144 e. The summed E-state index contributed by atoms with van der Waals surface area (Å²) in [6.45, 7) is 9.32. The first-order valence-corrected chi connectivity index (χ1v) is 10.4. The van der Waals surface area contributed by atoms with Crippen molar-refractivity contribution in [3.05, 3.63) is 60.4 Å². The van der Waals surface area contributed by atoms with E-state index in [1.807, 2.05) is 30.6 Å². The molecule has 0 atom stereocenters. The van der Waals surface area contributed by atoms with E-state index in [1.165, 1.54) is 0 Å². The largest absolute Gasteiger partial charge is 0.496 e. The fourth-order valence-electron chi connectivity index (χ4n) is 4.71. The highest BCUT2D eigenvalue weighted by Gasteiger charge is 2.40. The lowest BCUT2D eigenvalue weighted by Crippen LogP contribution is -2.44. The summed E-state index contributed by atoms with van der Waals surface area (Å²) in [5, 5.41) is 0. The minimum Gasteiger partial charge on any atom is -0.496 e. The average Bonchev–Trinajstić information content (AvgIpc) is 3.10. The monoisotopic (exact) mass is 406 g/mol. The maximum atomic E-state index is 6.30. The lowest BCUT2D eigenvalue weighted by molar-refractivity contribution is -0.162. The summed E-state index contributed by atoms with van der Waals surface area (Å²) < 4.78 is 14.1. The van der Waals surface area contributed by atoms with E-state index >= 15 is 0 Å². The van der Waals surface area contributed by atoms with Gasteiger partial charge in [-0.1, -0.05) is 12.1 Å². The molecule has 3 aromatic rings. The SMILES string of the molecule is COc1ccccc1-c1nc(C2CC(C)(C)OC(C)(C)C2)cn1Cc1cncnc1. The van der Waals surface area contributed by atoms with Gasteiger partial charge >= 0.3 is 0 Å². The molecule has 0 unspecified atom stereocenters. The molecule has 0 N–H and O–H groups in total. The van der Waals surface area contributed by atoms with Crippen LogP contribution in [-0.2, 0) is 11.3 Å². The zero-order chi connectivity index (χ0) is 21.4. The van der Waals surface area contributed by atoms with E-state index < -0.39 is 0 Å². The number of rotatable bonds is 5. The van der Waals surface area contributed by atoms with Gasteiger partial charge in [0.15, 0.2) is 0 Å². The third-order valence-corrected chi connectivity index (χ3v) is 5.56. The molecule has 2 aromatic heterocycles. The summed E-state index contributed by atoms with van der Waals surface area (Å²) in [5.74, 6) is 2.03. The molecule has 0 aliphatic carbocycles. The molecule has 30 heavy (non-hydrogen) atoms. The van der Waals surface area contributed by atoms with Gasteiger partial charge in [0.2, 0.25) is 0 Å². The minimum absolute atomic E-state index is 0.186. The molecule has 0 bridgehead atoms. The number of nitrogens with zero attached hydrogens (tertiary/aromatic N) is 4. The van der Waals surface area contributed by atoms with Crippen molar-refractivity contribution in [1.29, 1.82) is 0 Å². The van der Waals surface area contributed by atoms with Crippen molar-refractivity contribution in [1.82, 2.24) is 19.5 Å². The Labute approximate surface area is 178 Å². The molecule has 1 aromatic carbocycles. The van der Waals surface area contributed by atoms with Crippen LogP contribution in [0.4, 0.5) is 0 Å². The summed E-state index contributed by atoms with van der Waals surface area (Å²) >= 11 is 0. The van der Waals surface area contributed by atoms with Crippen molar-refractivity contribution in [3.8, 4) is 17.1 Å². The molecular weight excluding hydrogens is 376 g/mol. The summed E-state index contributed by atoms with van der Waals surface area (Å²) in [6, 6.07) is 8.02. The number of hydrogen-bond acceptors (Lipinski definition) is 5. The first-order chi connectivity index (χ1) is 14.3. The highest BCUT2D eigenvalue weighted by molar-refractivity contribution is 5.65. The van der Waals surface area contributed by atoms with Gasteiger partial charge < -0.3 is 14.0 Å². The van der Waals surface area contributed by atoms with Crippen LogP contribution in [0.2, 0.25) is 0 Å². The van der Waals surface area contributed by atoms with Crippen LogP contribution >= 0.6 is 0 Å². The van der Waals surface area contributed by atoms with E-state index in [0.717, 1.165) is 41.2 Å². The predicted octanol–water partition coefficient (Wildman–Crippen LogP) is 4.85. The predicted molar refractivity (Wildman–Crippen MR) is 117 cm³/mol. The van der Waals surface area contributed by atoms with E-state index in [1.54, 1.807) is 13.4 Å². The van der Waals surface area contributed by atoms with Gasteiger partial charge in [0, 0.05) is 30.1 Å². The van der Waals surface area contributed by atoms with E-state index in [4.69, 9.17) is 14.5 Å².